The van der Waals surface area contributed by atoms with E-state index in [-0.39, 0.29) is 4.75 Å². The maximum atomic E-state index is 5.99. The Morgan fingerprint density at radius 2 is 1.52 bits per heavy atom. The summed E-state index contributed by atoms with van der Waals surface area (Å²) in [5.74, 6) is 2.72. The van der Waals surface area contributed by atoms with Gasteiger partial charge in [-0.25, -0.2) is 0 Å². The monoisotopic (exact) mass is 592 g/mol. The molecule has 0 spiro atoms. The van der Waals surface area contributed by atoms with E-state index in [2.05, 4.69) is 112 Å². The Hall–Kier alpha value is -1.75. The summed E-state index contributed by atoms with van der Waals surface area (Å²) in [6.07, 6.45) is 16.0. The molecule has 2 aromatic carbocycles. The van der Waals surface area contributed by atoms with Crippen LogP contribution in [0.2, 0.25) is 0 Å². The lowest BCUT2D eigenvalue weighted by Gasteiger charge is -2.32. The maximum Gasteiger partial charge on any atom is 0.119 e. The molecule has 0 aromatic heterocycles. The van der Waals surface area contributed by atoms with Crippen molar-refractivity contribution in [2.45, 2.75) is 102 Å². The normalized spacial score (nSPS) is 16.6. The van der Waals surface area contributed by atoms with E-state index < -0.39 is 0 Å². The molecule has 0 radical (unpaired) electrons. The van der Waals surface area contributed by atoms with Gasteiger partial charge in [0.15, 0.2) is 0 Å². The van der Waals surface area contributed by atoms with Crippen LogP contribution in [0.5, 0.6) is 5.75 Å². The molecule has 2 atom stereocenters. The Balaban J connectivity index is 1.31. The zero-order valence-corrected chi connectivity index (χ0v) is 28.6. The van der Waals surface area contributed by atoms with Crippen LogP contribution in [-0.2, 0) is 6.42 Å². The fraction of sp³-hybridized carbons (Fsp3) is 0.632. The third kappa shape index (κ3) is 14.1. The van der Waals surface area contributed by atoms with Crippen molar-refractivity contribution in [1.29, 1.82) is 0 Å². The van der Waals surface area contributed by atoms with Crippen LogP contribution < -0.4 is 4.74 Å². The van der Waals surface area contributed by atoms with Gasteiger partial charge in [-0.05, 0) is 73.5 Å². The van der Waals surface area contributed by atoms with Gasteiger partial charge in [0.2, 0.25) is 0 Å². The van der Waals surface area contributed by atoms with Crippen molar-refractivity contribution in [2.75, 3.05) is 46.4 Å². The second kappa shape index (κ2) is 18.8. The highest BCUT2D eigenvalue weighted by Gasteiger charge is 2.19. The molecule has 0 aliphatic carbocycles. The Morgan fingerprint density at radius 1 is 0.857 bits per heavy atom. The topological polar surface area (TPSA) is 15.7 Å². The van der Waals surface area contributed by atoms with Crippen molar-refractivity contribution in [3.63, 3.8) is 0 Å². The predicted octanol–water partition coefficient (Wildman–Crippen LogP) is 9.85. The summed E-state index contributed by atoms with van der Waals surface area (Å²) in [4.78, 5) is 6.32. The maximum absolute atomic E-state index is 5.99. The molecule has 1 heterocycles. The van der Waals surface area contributed by atoms with Crippen LogP contribution in [0.3, 0.4) is 0 Å². The highest BCUT2D eigenvalue weighted by Crippen LogP contribution is 2.37. The van der Waals surface area contributed by atoms with Crippen molar-refractivity contribution in [2.24, 2.45) is 11.8 Å². The van der Waals surface area contributed by atoms with Crippen LogP contribution in [-0.4, -0.2) is 60.9 Å². The molecule has 3 rings (SSSR count). The summed E-state index contributed by atoms with van der Waals surface area (Å²) in [7, 11) is 2.21. The van der Waals surface area contributed by atoms with Crippen LogP contribution in [0.25, 0.3) is 6.08 Å². The third-order valence-electron chi connectivity index (χ3n) is 8.91. The van der Waals surface area contributed by atoms with Gasteiger partial charge in [-0.1, -0.05) is 110 Å². The zero-order chi connectivity index (χ0) is 30.2. The average molecular weight is 593 g/mol. The van der Waals surface area contributed by atoms with E-state index in [1.165, 1.54) is 87.1 Å². The Morgan fingerprint density at radius 3 is 2.21 bits per heavy atom. The molecule has 0 amide bonds. The largest absolute Gasteiger partial charge is 0.494 e. The first kappa shape index (κ1) is 34.7. The first-order valence-corrected chi connectivity index (χ1v) is 17.6. The molecule has 2 unspecified atom stereocenters. The Labute approximate surface area is 263 Å². The number of nitrogens with zero attached hydrogens (tertiary/aromatic N) is 2. The lowest BCUT2D eigenvalue weighted by Crippen LogP contribution is -2.44. The molecule has 1 aliphatic heterocycles. The minimum absolute atomic E-state index is 0.272. The second-order valence-electron chi connectivity index (χ2n) is 13.5. The highest BCUT2D eigenvalue weighted by molar-refractivity contribution is 8.00. The van der Waals surface area contributed by atoms with E-state index in [9.17, 15) is 0 Å². The molecule has 234 valence electrons. The first-order valence-electron chi connectivity index (χ1n) is 16.8. The lowest BCUT2D eigenvalue weighted by atomic mass is 9.93. The van der Waals surface area contributed by atoms with Gasteiger partial charge in [0, 0.05) is 42.4 Å². The van der Waals surface area contributed by atoms with E-state index in [0.717, 1.165) is 43.6 Å². The number of rotatable bonds is 19. The number of ether oxygens (including phenoxy) is 1. The Kier molecular flexibility index (Phi) is 15.6. The molecule has 42 heavy (non-hydrogen) atoms. The summed E-state index contributed by atoms with van der Waals surface area (Å²) in [6, 6.07) is 17.7. The third-order valence-corrected chi connectivity index (χ3v) is 10.2. The van der Waals surface area contributed by atoms with E-state index in [4.69, 9.17) is 4.74 Å². The van der Waals surface area contributed by atoms with E-state index in [0.29, 0.717) is 0 Å². The van der Waals surface area contributed by atoms with E-state index in [1.54, 1.807) is 0 Å². The number of piperazine rings is 1. The quantitative estimate of drug-likeness (QED) is 0.119. The van der Waals surface area contributed by atoms with Crippen molar-refractivity contribution in [1.82, 2.24) is 9.80 Å². The summed E-state index contributed by atoms with van der Waals surface area (Å²) >= 11 is 2.03. The molecular weight excluding hydrogens is 532 g/mol. The highest BCUT2D eigenvalue weighted by atomic mass is 32.2. The van der Waals surface area contributed by atoms with Gasteiger partial charge in [0.05, 0.1) is 6.61 Å². The van der Waals surface area contributed by atoms with Crippen molar-refractivity contribution in [3.8, 4) is 5.75 Å². The molecule has 3 nitrogen and oxygen atoms in total. The van der Waals surface area contributed by atoms with E-state index in [1.807, 2.05) is 11.8 Å². The predicted molar refractivity (Wildman–Crippen MR) is 186 cm³/mol. The summed E-state index contributed by atoms with van der Waals surface area (Å²) in [6.45, 7) is 18.6. The van der Waals surface area contributed by atoms with Gasteiger partial charge < -0.3 is 14.5 Å². The van der Waals surface area contributed by atoms with Gasteiger partial charge in [-0.3, -0.25) is 0 Å². The molecule has 1 aliphatic rings. The van der Waals surface area contributed by atoms with Gasteiger partial charge >= 0.3 is 0 Å². The molecule has 0 saturated carbocycles. The lowest BCUT2D eigenvalue weighted by molar-refractivity contribution is 0.145. The first-order chi connectivity index (χ1) is 20.2. The van der Waals surface area contributed by atoms with E-state index >= 15 is 0 Å². The van der Waals surface area contributed by atoms with Crippen molar-refractivity contribution in [3.05, 3.63) is 65.7 Å². The van der Waals surface area contributed by atoms with Crippen molar-refractivity contribution >= 4 is 17.8 Å². The van der Waals surface area contributed by atoms with Crippen molar-refractivity contribution < 1.29 is 4.74 Å². The average Bonchev–Trinajstić information content (AvgIpc) is 2.97. The van der Waals surface area contributed by atoms with Gasteiger partial charge in [0.25, 0.3) is 0 Å². The van der Waals surface area contributed by atoms with Crippen LogP contribution in [0.15, 0.2) is 59.5 Å². The van der Waals surface area contributed by atoms with Crippen LogP contribution in [0, 0.1) is 11.8 Å². The van der Waals surface area contributed by atoms with Crippen LogP contribution >= 0.6 is 11.8 Å². The smallest absolute Gasteiger partial charge is 0.119 e. The minimum Gasteiger partial charge on any atom is -0.494 e. The molecule has 0 bridgehead atoms. The Bertz CT molecular complexity index is 1010. The number of hydrogen-bond donors (Lipinski definition) is 0. The molecule has 0 N–H and O–H groups in total. The van der Waals surface area contributed by atoms with Gasteiger partial charge in [-0.2, -0.15) is 0 Å². The van der Waals surface area contributed by atoms with Gasteiger partial charge in [-0.15, -0.1) is 11.8 Å². The zero-order valence-electron chi connectivity index (χ0n) is 27.7. The SMILES string of the molecule is CCC(C)CCCC(C)CCCC(C)(C)Sc1ccc(/C=C/Cc2ccc(OCCCN3CCN(C)CC3)cc2)cc1. The molecule has 4 heteroatoms. The van der Waals surface area contributed by atoms with Gasteiger partial charge in [0.1, 0.15) is 5.75 Å². The number of likely N-dealkylation sites (N-methyl/N-ethyl adjacent to an activating group) is 1. The number of allylic oxidation sites excluding steroid dienone is 1. The second-order valence-corrected chi connectivity index (χ2v) is 15.3. The van der Waals surface area contributed by atoms with Crippen LogP contribution in [0.1, 0.15) is 97.1 Å². The standard InChI is InChI=1S/C38H60N2OS/c1-7-32(2)12-8-13-33(3)14-10-25-38(4,5)42-37-23-19-35(20-24-37)16-9-15-34-17-21-36(22-18-34)41-31-11-26-40-29-27-39(6)28-30-40/h9,16-24,32-33H,7-8,10-15,25-31H2,1-6H3/b16-9+. The fourth-order valence-corrected chi connectivity index (χ4v) is 6.82. The summed E-state index contributed by atoms with van der Waals surface area (Å²) in [5.41, 5.74) is 2.58. The number of benzene rings is 2. The molecule has 1 fully saturated rings. The number of thioether (sulfide) groups is 1. The minimum atomic E-state index is 0.272. The molecule has 2 aromatic rings. The fourth-order valence-electron chi connectivity index (χ4n) is 5.66. The molecule has 1 saturated heterocycles. The summed E-state index contributed by atoms with van der Waals surface area (Å²) in [5, 5.41) is 0. The molecular formula is C38H60N2OS. The summed E-state index contributed by atoms with van der Waals surface area (Å²) < 4.78 is 6.26. The van der Waals surface area contributed by atoms with Crippen LogP contribution in [0.4, 0.5) is 0 Å². The number of hydrogen-bond acceptors (Lipinski definition) is 4.